The molecule has 0 radical (unpaired) electrons. The van der Waals surface area contributed by atoms with E-state index in [1.165, 1.54) is 0 Å². The normalized spacial score (nSPS) is 26.3. The van der Waals surface area contributed by atoms with Crippen LogP contribution in [0.2, 0.25) is 0 Å². The topological polar surface area (TPSA) is 65.1 Å². The molecule has 1 aromatic carbocycles. The summed E-state index contributed by atoms with van der Waals surface area (Å²) in [6, 6.07) is 10.7. The quantitative estimate of drug-likeness (QED) is 0.927. The van der Waals surface area contributed by atoms with E-state index in [4.69, 9.17) is 0 Å². The van der Waals surface area contributed by atoms with Gasteiger partial charge in [0, 0.05) is 38.2 Å². The molecule has 4 rings (SSSR count). The fourth-order valence-corrected chi connectivity index (χ4v) is 4.40. The number of aromatic amines is 1. The van der Waals surface area contributed by atoms with Crippen LogP contribution in [0.25, 0.3) is 11.3 Å². The number of hydrogen-bond acceptors (Lipinski definition) is 4. The highest BCUT2D eigenvalue weighted by atomic mass is 16.2. The van der Waals surface area contributed by atoms with E-state index in [9.17, 15) is 4.79 Å². The molecule has 1 N–H and O–H groups in total. The lowest BCUT2D eigenvalue weighted by atomic mass is 9.88. The monoisotopic (exact) mass is 339 g/mol. The zero-order valence-electron chi connectivity index (χ0n) is 14.9. The number of amides is 1. The van der Waals surface area contributed by atoms with E-state index in [0.717, 1.165) is 42.9 Å². The van der Waals surface area contributed by atoms with Crippen LogP contribution in [0, 0.1) is 11.8 Å². The van der Waals surface area contributed by atoms with Crippen LogP contribution in [0.5, 0.6) is 0 Å². The van der Waals surface area contributed by atoms with E-state index >= 15 is 0 Å². The molecule has 0 bridgehead atoms. The summed E-state index contributed by atoms with van der Waals surface area (Å²) in [6.45, 7) is 1.68. The second-order valence-corrected chi connectivity index (χ2v) is 7.52. The molecule has 1 aromatic heterocycles. The molecular weight excluding hydrogens is 314 g/mol. The summed E-state index contributed by atoms with van der Waals surface area (Å²) < 4.78 is 0. The third kappa shape index (κ3) is 3.18. The average Bonchev–Trinajstić information content (AvgIpc) is 3.23. The first kappa shape index (κ1) is 16.3. The first-order valence-electron chi connectivity index (χ1n) is 9.01. The van der Waals surface area contributed by atoms with Crippen molar-refractivity contribution in [2.45, 2.75) is 31.8 Å². The molecule has 1 saturated carbocycles. The zero-order chi connectivity index (χ0) is 17.4. The number of benzene rings is 1. The number of hydrogen-bond donors (Lipinski definition) is 1. The van der Waals surface area contributed by atoms with Crippen LogP contribution in [0.4, 0.5) is 0 Å². The molecule has 1 saturated heterocycles. The third-order valence-corrected chi connectivity index (χ3v) is 5.88. The maximum absolute atomic E-state index is 12.0. The Hall–Kier alpha value is -2.21. The predicted octanol–water partition coefficient (Wildman–Crippen LogP) is 2.16. The summed E-state index contributed by atoms with van der Waals surface area (Å²) in [5.41, 5.74) is 3.00. The Labute approximate surface area is 148 Å². The molecule has 0 spiro atoms. The number of carbonyl (C=O) groups is 1. The van der Waals surface area contributed by atoms with E-state index in [1.54, 1.807) is 0 Å². The van der Waals surface area contributed by atoms with Gasteiger partial charge >= 0.3 is 0 Å². The van der Waals surface area contributed by atoms with Gasteiger partial charge in [-0.2, -0.15) is 15.4 Å². The van der Waals surface area contributed by atoms with Crippen LogP contribution in [0.1, 0.15) is 25.0 Å². The van der Waals surface area contributed by atoms with Gasteiger partial charge in [-0.1, -0.05) is 30.3 Å². The molecule has 132 valence electrons. The van der Waals surface area contributed by atoms with E-state index in [0.29, 0.717) is 30.2 Å². The molecule has 2 aliphatic rings. The van der Waals surface area contributed by atoms with Gasteiger partial charge in [0.05, 0.1) is 0 Å². The first-order chi connectivity index (χ1) is 12.1. The van der Waals surface area contributed by atoms with Gasteiger partial charge in [-0.05, 0) is 31.7 Å². The van der Waals surface area contributed by atoms with Crippen LogP contribution in [-0.4, -0.2) is 57.8 Å². The number of nitrogens with one attached hydrogen (secondary N) is 1. The number of carbonyl (C=O) groups excluding carboxylic acids is 1. The lowest BCUT2D eigenvalue weighted by Crippen LogP contribution is -2.39. The van der Waals surface area contributed by atoms with E-state index in [1.807, 2.05) is 30.1 Å². The second-order valence-electron chi connectivity index (χ2n) is 7.52. The molecular formula is C19H25N5O. The Morgan fingerprint density at radius 2 is 1.96 bits per heavy atom. The summed E-state index contributed by atoms with van der Waals surface area (Å²) in [5.74, 6) is 1.48. The molecule has 2 fully saturated rings. The van der Waals surface area contributed by atoms with Crippen molar-refractivity contribution in [2.24, 2.45) is 11.8 Å². The lowest BCUT2D eigenvalue weighted by Gasteiger charge is -2.31. The van der Waals surface area contributed by atoms with Crippen molar-refractivity contribution in [1.82, 2.24) is 25.2 Å². The lowest BCUT2D eigenvalue weighted by molar-refractivity contribution is -0.134. The summed E-state index contributed by atoms with van der Waals surface area (Å²) in [5, 5.41) is 11.5. The van der Waals surface area contributed by atoms with Crippen LogP contribution >= 0.6 is 0 Å². The Morgan fingerprint density at radius 1 is 1.20 bits per heavy atom. The molecule has 1 aliphatic heterocycles. The number of fused-ring (bicyclic) bond motifs is 1. The Bertz CT molecular complexity index is 743. The van der Waals surface area contributed by atoms with Crippen molar-refractivity contribution in [1.29, 1.82) is 0 Å². The van der Waals surface area contributed by atoms with Crippen molar-refractivity contribution in [3.05, 3.63) is 36.0 Å². The van der Waals surface area contributed by atoms with Gasteiger partial charge in [-0.25, -0.2) is 0 Å². The SMILES string of the molecule is CN1C[C@H]2C[C@@H](N(C)Cc3n[nH]nc3-c3ccccc3)C[C@H]2CC1=O. The van der Waals surface area contributed by atoms with Crippen molar-refractivity contribution in [2.75, 3.05) is 20.6 Å². The number of piperidine rings is 1. The Kier molecular flexibility index (Phi) is 4.29. The van der Waals surface area contributed by atoms with E-state index < -0.39 is 0 Å². The number of H-pyrrole nitrogens is 1. The average molecular weight is 339 g/mol. The number of nitrogens with zero attached hydrogens (tertiary/aromatic N) is 4. The number of aromatic nitrogens is 3. The van der Waals surface area contributed by atoms with E-state index in [2.05, 4.69) is 39.5 Å². The predicted molar refractivity (Wildman–Crippen MR) is 95.5 cm³/mol. The van der Waals surface area contributed by atoms with Gasteiger partial charge in [0.2, 0.25) is 5.91 Å². The van der Waals surface area contributed by atoms with Crippen LogP contribution < -0.4 is 0 Å². The van der Waals surface area contributed by atoms with Gasteiger partial charge in [0.15, 0.2) is 0 Å². The van der Waals surface area contributed by atoms with Crippen molar-refractivity contribution >= 4 is 5.91 Å². The Morgan fingerprint density at radius 3 is 2.76 bits per heavy atom. The Balaban J connectivity index is 1.45. The third-order valence-electron chi connectivity index (χ3n) is 5.88. The number of rotatable bonds is 4. The van der Waals surface area contributed by atoms with Crippen LogP contribution in [0.15, 0.2) is 30.3 Å². The minimum Gasteiger partial charge on any atom is -0.345 e. The minimum absolute atomic E-state index is 0.299. The van der Waals surface area contributed by atoms with Crippen LogP contribution in [-0.2, 0) is 11.3 Å². The molecule has 6 nitrogen and oxygen atoms in total. The minimum atomic E-state index is 0.299. The molecule has 0 unspecified atom stereocenters. The molecule has 1 amide bonds. The second kappa shape index (κ2) is 6.59. The highest BCUT2D eigenvalue weighted by Crippen LogP contribution is 2.40. The molecule has 25 heavy (non-hydrogen) atoms. The van der Waals surface area contributed by atoms with Gasteiger partial charge in [-0.15, -0.1) is 0 Å². The summed E-state index contributed by atoms with van der Waals surface area (Å²) in [6.07, 6.45) is 2.99. The molecule has 2 heterocycles. The largest absolute Gasteiger partial charge is 0.345 e. The maximum Gasteiger partial charge on any atom is 0.222 e. The molecule has 3 atom stereocenters. The highest BCUT2D eigenvalue weighted by molar-refractivity contribution is 5.77. The maximum atomic E-state index is 12.0. The van der Waals surface area contributed by atoms with Gasteiger partial charge in [0.1, 0.15) is 11.4 Å². The molecule has 2 aromatic rings. The fraction of sp³-hybridized carbons (Fsp3) is 0.526. The van der Waals surface area contributed by atoms with Crippen molar-refractivity contribution < 1.29 is 4.79 Å². The van der Waals surface area contributed by atoms with Crippen molar-refractivity contribution in [3.8, 4) is 11.3 Å². The zero-order valence-corrected chi connectivity index (χ0v) is 14.9. The van der Waals surface area contributed by atoms with Gasteiger partial charge in [0.25, 0.3) is 0 Å². The van der Waals surface area contributed by atoms with Gasteiger partial charge < -0.3 is 4.90 Å². The summed E-state index contributed by atoms with van der Waals surface area (Å²) in [4.78, 5) is 16.2. The summed E-state index contributed by atoms with van der Waals surface area (Å²) >= 11 is 0. The van der Waals surface area contributed by atoms with Crippen LogP contribution in [0.3, 0.4) is 0 Å². The first-order valence-corrected chi connectivity index (χ1v) is 9.01. The molecule has 6 heteroatoms. The van der Waals surface area contributed by atoms with Crippen molar-refractivity contribution in [3.63, 3.8) is 0 Å². The summed E-state index contributed by atoms with van der Waals surface area (Å²) in [7, 11) is 4.09. The smallest absolute Gasteiger partial charge is 0.222 e. The molecule has 1 aliphatic carbocycles. The fourth-order valence-electron chi connectivity index (χ4n) is 4.40. The highest BCUT2D eigenvalue weighted by Gasteiger charge is 2.41. The van der Waals surface area contributed by atoms with Gasteiger partial charge in [-0.3, -0.25) is 9.69 Å². The van der Waals surface area contributed by atoms with E-state index in [-0.39, 0.29) is 0 Å². The standard InChI is InChI=1S/C19H25N5O/c1-23(16-8-14-10-18(25)24(2)11-15(14)9-16)12-17-19(21-22-20-17)13-6-4-3-5-7-13/h3-7,14-16H,8-12H2,1-2H3,(H,20,21,22)/t14-,15+,16-/m0/s1. The number of likely N-dealkylation sites (tertiary alicyclic amines) is 1.